The zero-order valence-electron chi connectivity index (χ0n) is 13.2. The van der Waals surface area contributed by atoms with Crippen LogP contribution < -0.4 is 5.32 Å². The van der Waals surface area contributed by atoms with E-state index < -0.39 is 0 Å². The van der Waals surface area contributed by atoms with Crippen molar-refractivity contribution in [3.63, 3.8) is 0 Å². The third-order valence-corrected chi connectivity index (χ3v) is 3.90. The van der Waals surface area contributed by atoms with E-state index in [2.05, 4.69) is 39.4 Å². The lowest BCUT2D eigenvalue weighted by Crippen LogP contribution is -2.30. The number of carbonyl (C=O) groups excluding carboxylic acids is 1. The van der Waals surface area contributed by atoms with Crippen molar-refractivity contribution in [1.82, 2.24) is 4.90 Å². The summed E-state index contributed by atoms with van der Waals surface area (Å²) in [6.45, 7) is 5.15. The number of rotatable bonds is 5. The molecule has 1 amide bonds. The van der Waals surface area contributed by atoms with Gasteiger partial charge in [0.2, 0.25) is 5.91 Å². The van der Waals surface area contributed by atoms with Gasteiger partial charge in [0.1, 0.15) is 0 Å². The summed E-state index contributed by atoms with van der Waals surface area (Å²) in [6.07, 6.45) is 0. The van der Waals surface area contributed by atoms with E-state index in [1.807, 2.05) is 50.1 Å². The second kappa shape index (κ2) is 7.56. The van der Waals surface area contributed by atoms with E-state index in [0.717, 1.165) is 22.3 Å². The van der Waals surface area contributed by atoms with Crippen molar-refractivity contribution >= 4 is 27.5 Å². The highest BCUT2D eigenvalue weighted by Crippen LogP contribution is 2.16. The Morgan fingerprint density at radius 2 is 1.95 bits per heavy atom. The van der Waals surface area contributed by atoms with Crippen molar-refractivity contribution in [1.29, 1.82) is 0 Å². The quantitative estimate of drug-likeness (QED) is 0.868. The number of benzene rings is 2. The minimum absolute atomic E-state index is 0.00412. The number of aryl methyl sites for hydroxylation is 2. The normalized spacial score (nSPS) is 10.8. The summed E-state index contributed by atoms with van der Waals surface area (Å²) < 4.78 is 1.05. The van der Waals surface area contributed by atoms with Gasteiger partial charge in [-0.05, 0) is 50.2 Å². The highest BCUT2D eigenvalue weighted by molar-refractivity contribution is 9.10. The average molecular weight is 361 g/mol. The Morgan fingerprint density at radius 1 is 1.18 bits per heavy atom. The third-order valence-electron chi connectivity index (χ3n) is 3.41. The van der Waals surface area contributed by atoms with E-state index in [1.165, 1.54) is 11.1 Å². The minimum atomic E-state index is 0.00412. The molecule has 1 N–H and O–H groups in total. The van der Waals surface area contributed by atoms with Crippen LogP contribution in [0.15, 0.2) is 46.9 Å². The lowest BCUT2D eigenvalue weighted by Gasteiger charge is -2.17. The topological polar surface area (TPSA) is 32.3 Å². The molecule has 0 fully saturated rings. The van der Waals surface area contributed by atoms with Crippen molar-refractivity contribution in [3.05, 3.63) is 63.6 Å². The Labute approximate surface area is 140 Å². The van der Waals surface area contributed by atoms with Gasteiger partial charge in [-0.1, -0.05) is 45.8 Å². The van der Waals surface area contributed by atoms with E-state index in [-0.39, 0.29) is 5.91 Å². The summed E-state index contributed by atoms with van der Waals surface area (Å²) >= 11 is 3.46. The van der Waals surface area contributed by atoms with Gasteiger partial charge in [-0.15, -0.1) is 0 Å². The van der Waals surface area contributed by atoms with Crippen LogP contribution in [-0.2, 0) is 11.3 Å². The predicted molar refractivity (Wildman–Crippen MR) is 95.0 cm³/mol. The number of hydrogen-bond acceptors (Lipinski definition) is 2. The highest BCUT2D eigenvalue weighted by Gasteiger charge is 2.09. The molecule has 0 unspecified atom stereocenters. The van der Waals surface area contributed by atoms with Crippen LogP contribution in [0.1, 0.15) is 16.7 Å². The molecule has 0 aromatic heterocycles. The van der Waals surface area contributed by atoms with E-state index in [0.29, 0.717) is 6.54 Å². The molecule has 2 aromatic carbocycles. The zero-order valence-corrected chi connectivity index (χ0v) is 14.8. The predicted octanol–water partition coefficient (Wildman–Crippen LogP) is 4.14. The Kier molecular flexibility index (Phi) is 5.75. The van der Waals surface area contributed by atoms with Crippen LogP contribution in [0.5, 0.6) is 0 Å². The van der Waals surface area contributed by atoms with Crippen molar-refractivity contribution in [3.8, 4) is 0 Å². The van der Waals surface area contributed by atoms with Crippen molar-refractivity contribution in [2.45, 2.75) is 20.4 Å². The fourth-order valence-electron chi connectivity index (χ4n) is 2.39. The fraction of sp³-hybridized carbons (Fsp3) is 0.278. The largest absolute Gasteiger partial charge is 0.325 e. The van der Waals surface area contributed by atoms with Gasteiger partial charge in [0.05, 0.1) is 6.54 Å². The van der Waals surface area contributed by atoms with Crippen LogP contribution in [0, 0.1) is 13.8 Å². The smallest absolute Gasteiger partial charge is 0.238 e. The maximum Gasteiger partial charge on any atom is 0.238 e. The monoisotopic (exact) mass is 360 g/mol. The average Bonchev–Trinajstić information content (AvgIpc) is 2.41. The first-order chi connectivity index (χ1) is 10.4. The molecule has 0 aliphatic carbocycles. The number of nitrogens with zero attached hydrogens (tertiary/aromatic N) is 1. The highest BCUT2D eigenvalue weighted by atomic mass is 79.9. The molecule has 0 atom stereocenters. The Balaban J connectivity index is 1.91. The van der Waals surface area contributed by atoms with Crippen molar-refractivity contribution in [2.24, 2.45) is 0 Å². The Morgan fingerprint density at radius 3 is 2.64 bits per heavy atom. The molecule has 3 nitrogen and oxygen atoms in total. The number of carbonyl (C=O) groups is 1. The van der Waals surface area contributed by atoms with Crippen LogP contribution in [0.4, 0.5) is 5.69 Å². The maximum atomic E-state index is 12.2. The lowest BCUT2D eigenvalue weighted by molar-refractivity contribution is -0.117. The molecule has 0 bridgehead atoms. The van der Waals surface area contributed by atoms with Gasteiger partial charge in [0, 0.05) is 16.7 Å². The van der Waals surface area contributed by atoms with E-state index in [4.69, 9.17) is 0 Å². The van der Waals surface area contributed by atoms with Gasteiger partial charge >= 0.3 is 0 Å². The minimum Gasteiger partial charge on any atom is -0.325 e. The van der Waals surface area contributed by atoms with Gasteiger partial charge in [-0.3, -0.25) is 9.69 Å². The summed E-state index contributed by atoms with van der Waals surface area (Å²) in [5.74, 6) is 0.00412. The summed E-state index contributed by atoms with van der Waals surface area (Å²) in [5, 5.41) is 2.98. The SMILES string of the molecule is Cc1ccc(NC(=O)CN(C)Cc2cccc(Br)c2)c(C)c1. The molecule has 0 radical (unpaired) electrons. The molecule has 2 aromatic rings. The summed E-state index contributed by atoms with van der Waals surface area (Å²) in [7, 11) is 1.95. The van der Waals surface area contributed by atoms with Crippen LogP contribution in [0.25, 0.3) is 0 Å². The first-order valence-corrected chi connectivity index (χ1v) is 8.03. The maximum absolute atomic E-state index is 12.2. The van der Waals surface area contributed by atoms with Gasteiger partial charge < -0.3 is 5.32 Å². The summed E-state index contributed by atoms with van der Waals surface area (Å²) in [5.41, 5.74) is 4.34. The molecule has 22 heavy (non-hydrogen) atoms. The second-order valence-corrected chi connectivity index (χ2v) is 6.58. The fourth-order valence-corrected chi connectivity index (χ4v) is 2.84. The number of nitrogens with one attached hydrogen (secondary N) is 1. The molecule has 0 aliphatic rings. The number of amides is 1. The van der Waals surface area contributed by atoms with Gasteiger partial charge in [0.25, 0.3) is 0 Å². The van der Waals surface area contributed by atoms with E-state index >= 15 is 0 Å². The molecule has 116 valence electrons. The molecular weight excluding hydrogens is 340 g/mol. The van der Waals surface area contributed by atoms with Crippen LogP contribution in [0.2, 0.25) is 0 Å². The number of anilines is 1. The molecule has 2 rings (SSSR count). The Bertz CT molecular complexity index is 670. The number of halogens is 1. The van der Waals surface area contributed by atoms with Crippen molar-refractivity contribution < 1.29 is 4.79 Å². The van der Waals surface area contributed by atoms with Crippen LogP contribution in [-0.4, -0.2) is 24.4 Å². The number of likely N-dealkylation sites (N-methyl/N-ethyl adjacent to an activating group) is 1. The van der Waals surface area contributed by atoms with Crippen LogP contribution >= 0.6 is 15.9 Å². The third kappa shape index (κ3) is 4.97. The van der Waals surface area contributed by atoms with Gasteiger partial charge in [0.15, 0.2) is 0 Å². The molecular formula is C18H21BrN2O. The van der Waals surface area contributed by atoms with Gasteiger partial charge in [-0.25, -0.2) is 0 Å². The molecule has 0 saturated carbocycles. The molecule has 4 heteroatoms. The summed E-state index contributed by atoms with van der Waals surface area (Å²) in [4.78, 5) is 14.2. The molecule has 0 aliphatic heterocycles. The molecule has 0 saturated heterocycles. The lowest BCUT2D eigenvalue weighted by atomic mass is 10.1. The second-order valence-electron chi connectivity index (χ2n) is 5.67. The van der Waals surface area contributed by atoms with E-state index in [9.17, 15) is 4.79 Å². The van der Waals surface area contributed by atoms with Gasteiger partial charge in [-0.2, -0.15) is 0 Å². The standard InChI is InChI=1S/C18H21BrN2O/c1-13-7-8-17(14(2)9-13)20-18(22)12-21(3)11-15-5-4-6-16(19)10-15/h4-10H,11-12H2,1-3H3,(H,20,22). The molecule has 0 heterocycles. The summed E-state index contributed by atoms with van der Waals surface area (Å²) in [6, 6.07) is 14.2. The molecule has 0 spiro atoms. The van der Waals surface area contributed by atoms with Crippen molar-refractivity contribution in [2.75, 3.05) is 18.9 Å². The van der Waals surface area contributed by atoms with Crippen LogP contribution in [0.3, 0.4) is 0 Å². The Hall–Kier alpha value is -1.65. The number of hydrogen-bond donors (Lipinski definition) is 1. The zero-order chi connectivity index (χ0) is 16.1. The van der Waals surface area contributed by atoms with E-state index in [1.54, 1.807) is 0 Å². The first kappa shape index (κ1) is 16.7. The first-order valence-electron chi connectivity index (χ1n) is 7.24.